The van der Waals surface area contributed by atoms with Crippen molar-refractivity contribution < 1.29 is 14.3 Å². The monoisotopic (exact) mass is 396 g/mol. The number of ether oxygens (including phenoxy) is 1. The molecule has 1 aromatic heterocycles. The standard InChI is InChI=1S/C22H28N4O3/c1-16-5-4-6-19(13-16)24-21(28)25-22(9-12-29-3)8-11-26(15-22)20(27)18-7-10-23-17(2)14-18/h4-7,10,13-14H,8-9,11-12,15H2,1-3H3,(H2,24,25,28). The van der Waals surface area contributed by atoms with Crippen molar-refractivity contribution in [3.8, 4) is 0 Å². The molecule has 1 atom stereocenters. The SMILES string of the molecule is COCCC1(NC(=O)Nc2cccc(C)c2)CCN(C(=O)c2ccnc(C)c2)C1. The molecule has 1 saturated heterocycles. The second kappa shape index (κ2) is 9.05. The number of carbonyl (C=O) groups is 2. The Morgan fingerprint density at radius 2 is 2.07 bits per heavy atom. The lowest BCUT2D eigenvalue weighted by Crippen LogP contribution is -2.53. The Morgan fingerprint density at radius 3 is 2.79 bits per heavy atom. The maximum atomic E-state index is 12.9. The predicted octanol–water partition coefficient (Wildman–Crippen LogP) is 3.14. The molecule has 1 fully saturated rings. The summed E-state index contributed by atoms with van der Waals surface area (Å²) in [6.07, 6.45) is 2.95. The third kappa shape index (κ3) is 5.32. The van der Waals surface area contributed by atoms with Gasteiger partial charge in [0.25, 0.3) is 5.91 Å². The largest absolute Gasteiger partial charge is 0.385 e. The number of nitrogens with one attached hydrogen (secondary N) is 2. The number of hydrogen-bond acceptors (Lipinski definition) is 4. The van der Waals surface area contributed by atoms with E-state index in [0.29, 0.717) is 38.1 Å². The number of nitrogens with zero attached hydrogens (tertiary/aromatic N) is 2. The van der Waals surface area contributed by atoms with Gasteiger partial charge in [0.05, 0.1) is 5.54 Å². The smallest absolute Gasteiger partial charge is 0.319 e. The molecule has 0 radical (unpaired) electrons. The fraction of sp³-hybridized carbons (Fsp3) is 0.409. The van der Waals surface area contributed by atoms with Gasteiger partial charge in [0.2, 0.25) is 0 Å². The van der Waals surface area contributed by atoms with Gasteiger partial charge >= 0.3 is 6.03 Å². The minimum Gasteiger partial charge on any atom is -0.385 e. The number of rotatable bonds is 6. The molecule has 2 heterocycles. The summed E-state index contributed by atoms with van der Waals surface area (Å²) >= 11 is 0. The van der Waals surface area contributed by atoms with Crippen molar-refractivity contribution in [2.75, 3.05) is 32.1 Å². The second-order valence-corrected chi connectivity index (χ2v) is 7.63. The number of urea groups is 1. The Kier molecular flexibility index (Phi) is 6.49. The van der Waals surface area contributed by atoms with E-state index in [4.69, 9.17) is 4.74 Å². The molecule has 1 aromatic carbocycles. The summed E-state index contributed by atoms with van der Waals surface area (Å²) in [5, 5.41) is 6.00. The zero-order chi connectivity index (χ0) is 20.9. The van der Waals surface area contributed by atoms with Gasteiger partial charge in [0.15, 0.2) is 0 Å². The van der Waals surface area contributed by atoms with E-state index in [1.54, 1.807) is 30.3 Å². The third-order valence-corrected chi connectivity index (χ3v) is 5.22. The molecule has 3 amide bonds. The lowest BCUT2D eigenvalue weighted by molar-refractivity contribution is 0.0772. The Morgan fingerprint density at radius 1 is 1.24 bits per heavy atom. The molecule has 1 unspecified atom stereocenters. The van der Waals surface area contributed by atoms with Crippen LogP contribution in [-0.2, 0) is 4.74 Å². The van der Waals surface area contributed by atoms with Crippen LogP contribution in [0, 0.1) is 13.8 Å². The van der Waals surface area contributed by atoms with Gasteiger partial charge in [-0.2, -0.15) is 0 Å². The first-order valence-corrected chi connectivity index (χ1v) is 9.77. The molecule has 0 aliphatic carbocycles. The molecular weight excluding hydrogens is 368 g/mol. The van der Waals surface area contributed by atoms with Gasteiger partial charge in [-0.25, -0.2) is 4.79 Å². The van der Waals surface area contributed by atoms with E-state index in [9.17, 15) is 9.59 Å². The van der Waals surface area contributed by atoms with E-state index in [-0.39, 0.29) is 11.9 Å². The highest BCUT2D eigenvalue weighted by Crippen LogP contribution is 2.27. The highest BCUT2D eigenvalue weighted by atomic mass is 16.5. The van der Waals surface area contributed by atoms with E-state index < -0.39 is 5.54 Å². The molecule has 0 spiro atoms. The Hall–Kier alpha value is -2.93. The minimum absolute atomic E-state index is 0.0457. The van der Waals surface area contributed by atoms with Crippen molar-refractivity contribution in [1.29, 1.82) is 0 Å². The number of anilines is 1. The topological polar surface area (TPSA) is 83.6 Å². The number of benzene rings is 1. The fourth-order valence-electron chi connectivity index (χ4n) is 3.70. The number of aromatic nitrogens is 1. The third-order valence-electron chi connectivity index (χ3n) is 5.22. The van der Waals surface area contributed by atoms with Gasteiger partial charge in [0.1, 0.15) is 0 Å². The first-order chi connectivity index (χ1) is 13.9. The normalized spacial score (nSPS) is 18.5. The highest BCUT2D eigenvalue weighted by molar-refractivity contribution is 5.95. The average molecular weight is 396 g/mol. The van der Waals surface area contributed by atoms with E-state index in [1.807, 2.05) is 38.1 Å². The molecular formula is C22H28N4O3. The summed E-state index contributed by atoms with van der Waals surface area (Å²) in [5.74, 6) is -0.0457. The van der Waals surface area contributed by atoms with Gasteiger partial charge in [0, 0.05) is 49.9 Å². The Bertz CT molecular complexity index is 886. The predicted molar refractivity (Wildman–Crippen MR) is 112 cm³/mol. The molecule has 1 aliphatic heterocycles. The maximum Gasteiger partial charge on any atom is 0.319 e. The van der Waals surface area contributed by atoms with Crippen LogP contribution in [0.15, 0.2) is 42.6 Å². The van der Waals surface area contributed by atoms with Crippen molar-refractivity contribution in [2.45, 2.75) is 32.2 Å². The molecule has 7 nitrogen and oxygen atoms in total. The zero-order valence-electron chi connectivity index (χ0n) is 17.2. The quantitative estimate of drug-likeness (QED) is 0.786. The fourth-order valence-corrected chi connectivity index (χ4v) is 3.70. The van der Waals surface area contributed by atoms with E-state index in [2.05, 4.69) is 15.6 Å². The maximum absolute atomic E-state index is 12.9. The average Bonchev–Trinajstić information content (AvgIpc) is 3.09. The summed E-state index contributed by atoms with van der Waals surface area (Å²) in [5.41, 5.74) is 2.70. The van der Waals surface area contributed by atoms with Crippen LogP contribution in [-0.4, -0.2) is 54.2 Å². The van der Waals surface area contributed by atoms with Crippen LogP contribution in [0.2, 0.25) is 0 Å². The van der Waals surface area contributed by atoms with Crippen LogP contribution in [0.5, 0.6) is 0 Å². The molecule has 29 heavy (non-hydrogen) atoms. The number of aryl methyl sites for hydroxylation is 2. The van der Waals surface area contributed by atoms with Gasteiger partial charge in [-0.05, 0) is 56.5 Å². The highest BCUT2D eigenvalue weighted by Gasteiger charge is 2.41. The molecule has 7 heteroatoms. The number of likely N-dealkylation sites (tertiary alicyclic amines) is 1. The van der Waals surface area contributed by atoms with Crippen LogP contribution in [0.3, 0.4) is 0 Å². The summed E-state index contributed by atoms with van der Waals surface area (Å²) in [7, 11) is 1.64. The summed E-state index contributed by atoms with van der Waals surface area (Å²) < 4.78 is 5.26. The molecule has 0 bridgehead atoms. The number of pyridine rings is 1. The van der Waals surface area contributed by atoms with E-state index in [0.717, 1.165) is 16.9 Å². The Balaban J connectivity index is 1.70. The Labute approximate surface area is 171 Å². The van der Waals surface area contributed by atoms with Crippen molar-refractivity contribution >= 4 is 17.6 Å². The van der Waals surface area contributed by atoms with Gasteiger partial charge in [-0.15, -0.1) is 0 Å². The number of amides is 3. The molecule has 2 N–H and O–H groups in total. The lowest BCUT2D eigenvalue weighted by Gasteiger charge is -2.30. The van der Waals surface area contributed by atoms with E-state index >= 15 is 0 Å². The minimum atomic E-state index is -0.526. The van der Waals surface area contributed by atoms with Crippen molar-refractivity contribution in [3.05, 3.63) is 59.4 Å². The zero-order valence-corrected chi connectivity index (χ0v) is 17.2. The van der Waals surface area contributed by atoms with Crippen molar-refractivity contribution in [3.63, 3.8) is 0 Å². The second-order valence-electron chi connectivity index (χ2n) is 7.63. The van der Waals surface area contributed by atoms with Crippen molar-refractivity contribution in [1.82, 2.24) is 15.2 Å². The van der Waals surface area contributed by atoms with Crippen LogP contribution >= 0.6 is 0 Å². The molecule has 154 valence electrons. The molecule has 0 saturated carbocycles. The van der Waals surface area contributed by atoms with Crippen LogP contribution in [0.4, 0.5) is 10.5 Å². The molecule has 3 rings (SSSR count). The number of hydrogen-bond donors (Lipinski definition) is 2. The molecule has 1 aliphatic rings. The number of carbonyl (C=O) groups excluding carboxylic acids is 2. The van der Waals surface area contributed by atoms with Crippen LogP contribution < -0.4 is 10.6 Å². The van der Waals surface area contributed by atoms with Crippen molar-refractivity contribution in [2.24, 2.45) is 0 Å². The van der Waals surface area contributed by atoms with Crippen LogP contribution in [0.1, 0.15) is 34.5 Å². The first-order valence-electron chi connectivity index (χ1n) is 9.77. The number of methoxy groups -OCH3 is 1. The lowest BCUT2D eigenvalue weighted by atomic mass is 9.94. The van der Waals surface area contributed by atoms with Crippen LogP contribution in [0.25, 0.3) is 0 Å². The molecule has 2 aromatic rings. The first kappa shape index (κ1) is 20.8. The summed E-state index contributed by atoms with van der Waals surface area (Å²) in [6.45, 7) is 5.36. The summed E-state index contributed by atoms with van der Waals surface area (Å²) in [4.78, 5) is 31.5. The summed E-state index contributed by atoms with van der Waals surface area (Å²) in [6, 6.07) is 10.9. The van der Waals surface area contributed by atoms with Gasteiger partial charge < -0.3 is 20.3 Å². The van der Waals surface area contributed by atoms with E-state index in [1.165, 1.54) is 0 Å². The van der Waals surface area contributed by atoms with Gasteiger partial charge in [-0.3, -0.25) is 9.78 Å². The van der Waals surface area contributed by atoms with Gasteiger partial charge in [-0.1, -0.05) is 12.1 Å².